The van der Waals surface area contributed by atoms with E-state index in [-0.39, 0.29) is 0 Å². The van der Waals surface area contributed by atoms with E-state index in [2.05, 4.69) is 73.7 Å². The fourth-order valence-electron chi connectivity index (χ4n) is 2.76. The first kappa shape index (κ1) is 21.4. The number of halogens is 2. The lowest BCUT2D eigenvalue weighted by atomic mass is 10.0. The molecule has 0 unspecified atom stereocenters. The highest BCUT2D eigenvalue weighted by atomic mass is 35.7. The largest absolute Gasteiger partial charge is 0.238 e. The maximum absolute atomic E-state index is 8.49. The summed E-state index contributed by atoms with van der Waals surface area (Å²) in [6.45, 7) is 4.22. The standard InChI is InChI=1S/C19H20ClN2.ClHO4/c1-13-5-8-15(9-6-13)18-12-19(22(4)21(18)3)17-11-16(20)10-7-14(17)2;2-1(3,4)5/h5-12H,1-4H3;(H,2,3,4,5)/q+1;/p-1. The lowest BCUT2D eigenvalue weighted by molar-refractivity contribution is -2.00. The SMILES string of the molecule is Cc1ccc(-c2cc(-c3cc(Cl)ccc3C)n(C)[n+]2C)cc1.[O-][Cl+3]([O-])([O-])[O-]. The molecule has 6 nitrogen and oxygen atoms in total. The van der Waals surface area contributed by atoms with Crippen molar-refractivity contribution in [2.45, 2.75) is 13.8 Å². The third kappa shape index (κ3) is 5.77. The smallest absolute Gasteiger partial charge is 0.222 e. The highest BCUT2D eigenvalue weighted by Gasteiger charge is 2.20. The molecule has 27 heavy (non-hydrogen) atoms. The molecule has 2 aromatic carbocycles. The highest BCUT2D eigenvalue weighted by molar-refractivity contribution is 6.30. The lowest BCUT2D eigenvalue weighted by Gasteiger charge is -2.17. The van der Waals surface area contributed by atoms with Gasteiger partial charge in [0.25, 0.3) is 0 Å². The summed E-state index contributed by atoms with van der Waals surface area (Å²) in [5.41, 5.74) is 7.24. The second kappa shape index (κ2) is 8.39. The molecule has 0 aliphatic heterocycles. The molecular formula is C19H20Cl2N2O4. The van der Waals surface area contributed by atoms with Crippen LogP contribution >= 0.6 is 11.6 Å². The van der Waals surface area contributed by atoms with Gasteiger partial charge in [-0.15, -0.1) is 14.9 Å². The van der Waals surface area contributed by atoms with Crippen LogP contribution in [0, 0.1) is 24.1 Å². The molecule has 0 saturated heterocycles. The van der Waals surface area contributed by atoms with Crippen LogP contribution in [-0.4, -0.2) is 4.68 Å². The molecular weight excluding hydrogens is 391 g/mol. The van der Waals surface area contributed by atoms with Crippen LogP contribution in [0.3, 0.4) is 0 Å². The minimum atomic E-state index is -4.94. The molecule has 3 rings (SSSR count). The topological polar surface area (TPSA) is 101 Å². The number of aryl methyl sites for hydroxylation is 2. The summed E-state index contributed by atoms with van der Waals surface area (Å²) in [4.78, 5) is 0. The van der Waals surface area contributed by atoms with Gasteiger partial charge in [-0.1, -0.05) is 35.4 Å². The third-order valence-electron chi connectivity index (χ3n) is 4.24. The van der Waals surface area contributed by atoms with Crippen LogP contribution in [0.2, 0.25) is 5.02 Å². The number of rotatable bonds is 2. The fraction of sp³-hybridized carbons (Fsp3) is 0.211. The van der Waals surface area contributed by atoms with Gasteiger partial charge in [-0.2, -0.15) is 4.68 Å². The van der Waals surface area contributed by atoms with Gasteiger partial charge in [0.05, 0.1) is 7.05 Å². The van der Waals surface area contributed by atoms with Crippen molar-refractivity contribution in [2.75, 3.05) is 0 Å². The molecule has 0 amide bonds. The summed E-state index contributed by atoms with van der Waals surface area (Å²) in [6, 6.07) is 16.9. The van der Waals surface area contributed by atoms with Crippen LogP contribution in [0.1, 0.15) is 11.1 Å². The summed E-state index contributed by atoms with van der Waals surface area (Å²) in [7, 11) is -0.786. The van der Waals surface area contributed by atoms with Crippen LogP contribution in [0.5, 0.6) is 0 Å². The van der Waals surface area contributed by atoms with E-state index >= 15 is 0 Å². The van der Waals surface area contributed by atoms with Gasteiger partial charge in [0.15, 0.2) is 7.05 Å². The molecule has 0 spiro atoms. The van der Waals surface area contributed by atoms with Gasteiger partial charge in [-0.3, -0.25) is 0 Å². The number of aromatic nitrogens is 2. The predicted octanol–water partition coefficient (Wildman–Crippen LogP) is -0.302. The van der Waals surface area contributed by atoms with E-state index in [4.69, 9.17) is 30.2 Å². The van der Waals surface area contributed by atoms with Gasteiger partial charge in [0.1, 0.15) is 5.69 Å². The number of nitrogens with zero attached hydrogens (tertiary/aromatic N) is 2. The Bertz CT molecular complexity index is 926. The zero-order chi connectivity index (χ0) is 20.4. The molecule has 0 radical (unpaired) electrons. The van der Waals surface area contributed by atoms with E-state index in [0.29, 0.717) is 0 Å². The van der Waals surface area contributed by atoms with Gasteiger partial charge < -0.3 is 0 Å². The molecule has 1 aromatic heterocycles. The molecule has 0 atom stereocenters. The number of hydrogen-bond donors (Lipinski definition) is 0. The molecule has 8 heteroatoms. The molecule has 0 fully saturated rings. The van der Waals surface area contributed by atoms with Gasteiger partial charge in [0.2, 0.25) is 5.69 Å². The predicted molar refractivity (Wildman–Crippen MR) is 91.9 cm³/mol. The quantitative estimate of drug-likeness (QED) is 0.541. The van der Waals surface area contributed by atoms with Crippen molar-refractivity contribution in [1.29, 1.82) is 0 Å². The Kier molecular flexibility index (Phi) is 6.64. The molecule has 0 saturated carbocycles. The Hall–Kier alpha value is -1.93. The average molecular weight is 411 g/mol. The first-order valence-electron chi connectivity index (χ1n) is 7.98. The van der Waals surface area contributed by atoms with Gasteiger partial charge in [-0.25, -0.2) is 18.6 Å². The number of benzene rings is 2. The summed E-state index contributed by atoms with van der Waals surface area (Å²) < 4.78 is 38.3. The maximum atomic E-state index is 8.49. The van der Waals surface area contributed by atoms with E-state index in [1.165, 1.54) is 27.9 Å². The van der Waals surface area contributed by atoms with Crippen molar-refractivity contribution in [1.82, 2.24) is 4.68 Å². The van der Waals surface area contributed by atoms with E-state index in [1.807, 2.05) is 12.1 Å². The fourth-order valence-corrected chi connectivity index (χ4v) is 2.93. The molecule has 1 heterocycles. The minimum absolute atomic E-state index is 0.765. The first-order valence-corrected chi connectivity index (χ1v) is 9.60. The zero-order valence-electron chi connectivity index (χ0n) is 15.4. The summed E-state index contributed by atoms with van der Waals surface area (Å²) >= 11 is 6.18. The van der Waals surface area contributed by atoms with Crippen molar-refractivity contribution < 1.29 is 33.6 Å². The van der Waals surface area contributed by atoms with Crippen molar-refractivity contribution in [3.05, 3.63) is 64.7 Å². The van der Waals surface area contributed by atoms with Crippen molar-refractivity contribution in [3.8, 4) is 22.5 Å². The maximum Gasteiger partial charge on any atom is 0.238 e. The summed E-state index contributed by atoms with van der Waals surface area (Å²) in [5, 5.41) is 0.765. The van der Waals surface area contributed by atoms with E-state index in [0.717, 1.165) is 10.7 Å². The molecule has 0 aliphatic carbocycles. The molecule has 0 aliphatic rings. The van der Waals surface area contributed by atoms with Gasteiger partial charge in [-0.05, 0) is 43.7 Å². The molecule has 0 N–H and O–H groups in total. The van der Waals surface area contributed by atoms with Gasteiger partial charge in [0, 0.05) is 22.2 Å². The Morgan fingerprint density at radius 1 is 0.926 bits per heavy atom. The van der Waals surface area contributed by atoms with E-state index in [1.54, 1.807) is 0 Å². The van der Waals surface area contributed by atoms with Gasteiger partial charge >= 0.3 is 0 Å². The molecule has 0 bridgehead atoms. The van der Waals surface area contributed by atoms with Crippen LogP contribution in [-0.2, 0) is 14.1 Å². The normalized spacial score (nSPS) is 11.1. The molecule has 144 valence electrons. The average Bonchev–Trinajstić information content (AvgIpc) is 2.85. The Balaban J connectivity index is 0.000000465. The van der Waals surface area contributed by atoms with Crippen LogP contribution in [0.4, 0.5) is 0 Å². The number of hydrogen-bond acceptors (Lipinski definition) is 4. The Morgan fingerprint density at radius 3 is 2.04 bits per heavy atom. The van der Waals surface area contributed by atoms with Crippen molar-refractivity contribution in [3.63, 3.8) is 0 Å². The van der Waals surface area contributed by atoms with Crippen LogP contribution < -0.4 is 23.3 Å². The Labute approximate surface area is 165 Å². The van der Waals surface area contributed by atoms with Crippen LogP contribution in [0.25, 0.3) is 22.5 Å². The van der Waals surface area contributed by atoms with Crippen molar-refractivity contribution >= 4 is 11.6 Å². The second-order valence-corrected chi connectivity index (χ2v) is 7.36. The second-order valence-electron chi connectivity index (χ2n) is 6.17. The minimum Gasteiger partial charge on any atom is -0.222 e. The molecule has 3 aromatic rings. The third-order valence-corrected chi connectivity index (χ3v) is 4.48. The monoisotopic (exact) mass is 410 g/mol. The van der Waals surface area contributed by atoms with E-state index in [9.17, 15) is 0 Å². The van der Waals surface area contributed by atoms with Crippen molar-refractivity contribution in [2.24, 2.45) is 14.1 Å². The Morgan fingerprint density at radius 2 is 1.48 bits per heavy atom. The lowest BCUT2D eigenvalue weighted by Crippen LogP contribution is -2.68. The summed E-state index contributed by atoms with van der Waals surface area (Å²) in [6.07, 6.45) is 0. The van der Waals surface area contributed by atoms with Crippen LogP contribution in [0.15, 0.2) is 48.5 Å². The zero-order valence-corrected chi connectivity index (χ0v) is 16.9. The summed E-state index contributed by atoms with van der Waals surface area (Å²) in [5.74, 6) is 0. The highest BCUT2D eigenvalue weighted by Crippen LogP contribution is 2.29. The first-order chi connectivity index (χ1) is 12.5. The van der Waals surface area contributed by atoms with E-state index < -0.39 is 10.2 Å².